The van der Waals surface area contributed by atoms with Crippen molar-refractivity contribution in [2.45, 2.75) is 64.8 Å². The highest BCUT2D eigenvalue weighted by atomic mass is 16.5. The summed E-state index contributed by atoms with van der Waals surface area (Å²) in [7, 11) is 1.69. The molecule has 1 aromatic carbocycles. The van der Waals surface area contributed by atoms with Gasteiger partial charge in [-0.25, -0.2) is 0 Å². The summed E-state index contributed by atoms with van der Waals surface area (Å²) < 4.78 is 11.1. The summed E-state index contributed by atoms with van der Waals surface area (Å²) in [5.74, 6) is -0.202. The summed E-state index contributed by atoms with van der Waals surface area (Å²) in [4.78, 5) is 13.3. The van der Waals surface area contributed by atoms with Gasteiger partial charge in [-0.05, 0) is 39.8 Å². The number of rotatable bonds is 6. The summed E-state index contributed by atoms with van der Waals surface area (Å²) in [6.45, 7) is 10.4. The summed E-state index contributed by atoms with van der Waals surface area (Å²) in [5.41, 5.74) is 0.496. The van der Waals surface area contributed by atoms with E-state index < -0.39 is 11.2 Å². The average molecular weight is 346 g/mol. The van der Waals surface area contributed by atoms with Crippen molar-refractivity contribution in [1.29, 1.82) is 0 Å². The van der Waals surface area contributed by atoms with Gasteiger partial charge in [-0.3, -0.25) is 4.79 Å². The number of esters is 1. The van der Waals surface area contributed by atoms with Gasteiger partial charge >= 0.3 is 13.5 Å². The van der Waals surface area contributed by atoms with Gasteiger partial charge in [0.25, 0.3) is 0 Å². The fraction of sp³-hybridized carbons (Fsp3) is 0.632. The molecule has 25 heavy (non-hydrogen) atoms. The van der Waals surface area contributed by atoms with Crippen LogP contribution in [0.2, 0.25) is 0 Å². The Kier molecular flexibility index (Phi) is 6.17. The fourth-order valence-electron chi connectivity index (χ4n) is 2.59. The van der Waals surface area contributed by atoms with Crippen LogP contribution in [-0.2, 0) is 14.2 Å². The van der Waals surface area contributed by atoms with E-state index in [4.69, 9.17) is 9.39 Å². The molecule has 5 nitrogen and oxygen atoms in total. The predicted octanol–water partition coefficient (Wildman–Crippen LogP) is 2.03. The van der Waals surface area contributed by atoms with E-state index in [2.05, 4.69) is 17.0 Å². The van der Waals surface area contributed by atoms with Crippen LogP contribution in [0, 0.1) is 0 Å². The van der Waals surface area contributed by atoms with E-state index >= 15 is 0 Å². The fourth-order valence-corrected chi connectivity index (χ4v) is 2.59. The number of carbonyl (C=O) groups is 1. The van der Waals surface area contributed by atoms with Crippen LogP contribution in [0.3, 0.4) is 0 Å². The maximum Gasteiger partial charge on any atom is 0.330 e. The van der Waals surface area contributed by atoms with Crippen LogP contribution < -0.4 is 10.4 Å². The third kappa shape index (κ3) is 5.48. The molecule has 1 N–H and O–H groups in total. The van der Waals surface area contributed by atoms with E-state index in [1.807, 2.05) is 26.0 Å². The third-order valence-corrected chi connectivity index (χ3v) is 5.00. The van der Waals surface area contributed by atoms with Crippen LogP contribution >= 0.6 is 0 Å². The molecule has 1 aromatic rings. The molecule has 1 saturated heterocycles. The Hall–Kier alpha value is -1.53. The van der Waals surface area contributed by atoms with Gasteiger partial charge < -0.3 is 19.4 Å². The minimum Gasteiger partial charge on any atom is -0.462 e. The molecule has 0 spiro atoms. The Morgan fingerprint density at radius 1 is 1.16 bits per heavy atom. The van der Waals surface area contributed by atoms with Crippen LogP contribution in [-0.4, -0.2) is 49.0 Å². The van der Waals surface area contributed by atoms with Crippen molar-refractivity contribution in [2.75, 3.05) is 18.0 Å². The molecular formula is C19H29BNO4. The summed E-state index contributed by atoms with van der Waals surface area (Å²) >= 11 is 0. The van der Waals surface area contributed by atoms with Crippen molar-refractivity contribution < 1.29 is 19.3 Å². The van der Waals surface area contributed by atoms with E-state index in [1.165, 1.54) is 6.92 Å². The molecule has 0 aliphatic carbocycles. The second kappa shape index (κ2) is 7.79. The highest BCUT2D eigenvalue weighted by Crippen LogP contribution is 2.24. The summed E-state index contributed by atoms with van der Waals surface area (Å²) in [5, 5.41) is 10.1. The minimum atomic E-state index is -0.935. The standard InChI is InChI=1S/C19H29BNO4/c1-14(22)24-17-10-12-21(13-11-17)16-8-6-15(7-9-16)20-25-19(4,5)18(2,3)23/h6-9,17,23H,10-13H2,1-5H3. The lowest BCUT2D eigenvalue weighted by Crippen LogP contribution is -2.49. The van der Waals surface area contributed by atoms with Gasteiger partial charge in [0.2, 0.25) is 0 Å². The number of piperidine rings is 1. The average Bonchev–Trinajstić information content (AvgIpc) is 2.53. The second-order valence-corrected chi connectivity index (χ2v) is 7.69. The van der Waals surface area contributed by atoms with Crippen molar-refractivity contribution in [1.82, 2.24) is 0 Å². The van der Waals surface area contributed by atoms with Crippen LogP contribution in [0.15, 0.2) is 24.3 Å². The molecule has 0 unspecified atom stereocenters. The zero-order chi connectivity index (χ0) is 18.7. The summed E-state index contributed by atoms with van der Waals surface area (Å²) in [6, 6.07) is 8.15. The van der Waals surface area contributed by atoms with Crippen LogP contribution in [0.1, 0.15) is 47.5 Å². The molecule has 1 aliphatic rings. The highest BCUT2D eigenvalue weighted by molar-refractivity contribution is 6.47. The zero-order valence-electron chi connectivity index (χ0n) is 15.9. The smallest absolute Gasteiger partial charge is 0.330 e. The lowest BCUT2D eigenvalue weighted by atomic mass is 9.82. The number of anilines is 1. The van der Waals surface area contributed by atoms with Gasteiger partial charge in [0.1, 0.15) is 6.10 Å². The Bertz CT molecular complexity index is 572. The molecule has 137 valence electrons. The molecule has 0 bridgehead atoms. The molecule has 0 aromatic heterocycles. The number of benzene rings is 1. The topological polar surface area (TPSA) is 59.0 Å². The van der Waals surface area contributed by atoms with Crippen molar-refractivity contribution in [3.05, 3.63) is 24.3 Å². The molecular weight excluding hydrogens is 317 g/mol. The van der Waals surface area contributed by atoms with Gasteiger partial charge in [-0.15, -0.1) is 0 Å². The van der Waals surface area contributed by atoms with Crippen LogP contribution in [0.5, 0.6) is 0 Å². The number of nitrogens with zero attached hydrogens (tertiary/aromatic N) is 1. The first-order valence-electron chi connectivity index (χ1n) is 8.84. The summed E-state index contributed by atoms with van der Waals surface area (Å²) in [6.07, 6.45) is 1.76. The normalized spacial score (nSPS) is 16.6. The molecule has 1 fully saturated rings. The minimum absolute atomic E-state index is 0.0406. The first-order valence-corrected chi connectivity index (χ1v) is 8.84. The molecule has 0 amide bonds. The SMILES string of the molecule is CC(=O)OC1CCN(c2ccc([B]OC(C)(C)C(C)(C)O)cc2)CC1. The number of ether oxygens (including phenoxy) is 1. The van der Waals surface area contributed by atoms with Crippen LogP contribution in [0.25, 0.3) is 0 Å². The molecule has 0 saturated carbocycles. The van der Waals surface area contributed by atoms with Gasteiger partial charge in [0, 0.05) is 38.5 Å². The molecule has 6 heteroatoms. The van der Waals surface area contributed by atoms with Gasteiger partial charge in [-0.2, -0.15) is 0 Å². The van der Waals surface area contributed by atoms with Crippen molar-refractivity contribution in [3.63, 3.8) is 0 Å². The number of carbonyl (C=O) groups excluding carboxylic acids is 1. The van der Waals surface area contributed by atoms with E-state index in [-0.39, 0.29) is 12.1 Å². The number of hydrogen-bond donors (Lipinski definition) is 1. The monoisotopic (exact) mass is 346 g/mol. The van der Waals surface area contributed by atoms with Gasteiger partial charge in [0.05, 0.1) is 11.2 Å². The van der Waals surface area contributed by atoms with E-state index in [9.17, 15) is 9.90 Å². The lowest BCUT2D eigenvalue weighted by Gasteiger charge is -2.37. The lowest BCUT2D eigenvalue weighted by molar-refractivity contribution is -0.147. The van der Waals surface area contributed by atoms with Gasteiger partial charge in [0.15, 0.2) is 0 Å². The van der Waals surface area contributed by atoms with Gasteiger partial charge in [-0.1, -0.05) is 17.6 Å². The molecule has 1 radical (unpaired) electrons. The maximum atomic E-state index is 11.0. The second-order valence-electron chi connectivity index (χ2n) is 7.69. The van der Waals surface area contributed by atoms with E-state index in [0.29, 0.717) is 0 Å². The molecule has 1 aliphatic heterocycles. The molecule has 1 heterocycles. The van der Waals surface area contributed by atoms with E-state index in [0.717, 1.165) is 37.1 Å². The first kappa shape index (κ1) is 19.8. The van der Waals surface area contributed by atoms with Crippen molar-refractivity contribution in [3.8, 4) is 0 Å². The molecule has 2 rings (SSSR count). The van der Waals surface area contributed by atoms with Crippen LogP contribution in [0.4, 0.5) is 5.69 Å². The maximum absolute atomic E-state index is 11.0. The Labute approximate surface area is 151 Å². The highest BCUT2D eigenvalue weighted by Gasteiger charge is 2.35. The Morgan fingerprint density at radius 3 is 2.20 bits per heavy atom. The quantitative estimate of drug-likeness (QED) is 0.631. The molecule has 0 atom stereocenters. The number of hydrogen-bond acceptors (Lipinski definition) is 5. The first-order chi connectivity index (χ1) is 11.6. The Morgan fingerprint density at radius 2 is 1.72 bits per heavy atom. The zero-order valence-corrected chi connectivity index (χ0v) is 15.9. The van der Waals surface area contributed by atoms with Crippen molar-refractivity contribution >= 4 is 24.6 Å². The number of aliphatic hydroxyl groups is 1. The van der Waals surface area contributed by atoms with Crippen molar-refractivity contribution in [2.24, 2.45) is 0 Å². The largest absolute Gasteiger partial charge is 0.462 e. The predicted molar refractivity (Wildman–Crippen MR) is 100 cm³/mol. The third-order valence-electron chi connectivity index (χ3n) is 5.00. The Balaban J connectivity index is 1.87. The van der Waals surface area contributed by atoms with E-state index in [1.54, 1.807) is 21.3 Å².